The first-order valence-electron chi connectivity index (χ1n) is 9.11. The number of nitrogens with zero attached hydrogens (tertiary/aromatic N) is 4. The van der Waals surface area contributed by atoms with Gasteiger partial charge in [0.2, 0.25) is 16.9 Å². The van der Waals surface area contributed by atoms with Gasteiger partial charge in [0.15, 0.2) is 4.34 Å². The van der Waals surface area contributed by atoms with Crippen molar-refractivity contribution in [1.82, 2.24) is 20.5 Å². The Hall–Kier alpha value is -2.30. The molecule has 0 spiro atoms. The van der Waals surface area contributed by atoms with E-state index < -0.39 is 0 Å². The standard InChI is InChI=1S/C19H19N5O2S3/c1-12(25)24(14-7-8-14)18-22-23-19(29-18)28-11-15(26)21-16(17-20-9-10-27-17)13-5-3-2-4-6-13/h2-6,9-10,14,16H,7-8,11H2,1H3,(H,21,26). The fourth-order valence-electron chi connectivity index (χ4n) is 2.88. The van der Waals surface area contributed by atoms with Crippen molar-refractivity contribution in [3.05, 3.63) is 52.5 Å². The van der Waals surface area contributed by atoms with Crippen LogP contribution in [0.3, 0.4) is 0 Å². The molecule has 2 amide bonds. The Balaban J connectivity index is 1.39. The summed E-state index contributed by atoms with van der Waals surface area (Å²) in [6.07, 6.45) is 3.74. The van der Waals surface area contributed by atoms with Crippen molar-refractivity contribution in [1.29, 1.82) is 0 Å². The van der Waals surface area contributed by atoms with Crippen LogP contribution in [0.4, 0.5) is 5.13 Å². The minimum Gasteiger partial charge on any atom is -0.342 e. The number of benzene rings is 1. The number of carbonyl (C=O) groups excluding carboxylic acids is 2. The van der Waals surface area contributed by atoms with Gasteiger partial charge >= 0.3 is 0 Å². The van der Waals surface area contributed by atoms with Crippen LogP contribution in [0.5, 0.6) is 0 Å². The number of rotatable bonds is 8. The zero-order valence-electron chi connectivity index (χ0n) is 15.6. The van der Waals surface area contributed by atoms with Crippen molar-refractivity contribution in [3.63, 3.8) is 0 Å². The van der Waals surface area contributed by atoms with Crippen LogP contribution in [0.1, 0.15) is 36.4 Å². The van der Waals surface area contributed by atoms with Crippen LogP contribution in [0.15, 0.2) is 46.2 Å². The highest BCUT2D eigenvalue weighted by Gasteiger charge is 2.34. The summed E-state index contributed by atoms with van der Waals surface area (Å²) < 4.78 is 0.674. The lowest BCUT2D eigenvalue weighted by molar-refractivity contribution is -0.119. The molecule has 1 unspecified atom stereocenters. The molecule has 29 heavy (non-hydrogen) atoms. The highest BCUT2D eigenvalue weighted by Crippen LogP contribution is 2.35. The van der Waals surface area contributed by atoms with E-state index in [1.165, 1.54) is 34.4 Å². The maximum absolute atomic E-state index is 12.6. The molecule has 2 aromatic heterocycles. The van der Waals surface area contributed by atoms with Crippen LogP contribution >= 0.6 is 34.4 Å². The summed E-state index contributed by atoms with van der Waals surface area (Å²) in [5, 5.41) is 14.7. The van der Waals surface area contributed by atoms with E-state index >= 15 is 0 Å². The molecule has 4 rings (SSSR count). The average Bonchev–Trinajstić information content (AvgIpc) is 3.19. The predicted molar refractivity (Wildman–Crippen MR) is 115 cm³/mol. The third-order valence-corrected chi connectivity index (χ3v) is 7.21. The highest BCUT2D eigenvalue weighted by atomic mass is 32.2. The third kappa shape index (κ3) is 5.01. The van der Waals surface area contributed by atoms with Crippen LogP contribution in [0, 0.1) is 0 Å². The Labute approximate surface area is 180 Å². The minimum absolute atomic E-state index is 0.0212. The van der Waals surface area contributed by atoms with Gasteiger partial charge in [-0.25, -0.2) is 4.98 Å². The molecule has 150 valence electrons. The molecule has 2 heterocycles. The maximum atomic E-state index is 12.6. The molecule has 3 aromatic rings. The van der Waals surface area contributed by atoms with Crippen molar-refractivity contribution in [2.75, 3.05) is 10.7 Å². The topological polar surface area (TPSA) is 88.1 Å². The Morgan fingerprint density at radius 1 is 1.28 bits per heavy atom. The van der Waals surface area contributed by atoms with Gasteiger partial charge in [-0.15, -0.1) is 21.5 Å². The molecule has 1 fully saturated rings. The molecule has 10 heteroatoms. The van der Waals surface area contributed by atoms with Gasteiger partial charge in [-0.1, -0.05) is 53.4 Å². The van der Waals surface area contributed by atoms with Gasteiger partial charge in [0.05, 0.1) is 5.75 Å². The number of thioether (sulfide) groups is 1. The largest absolute Gasteiger partial charge is 0.342 e. The van der Waals surface area contributed by atoms with E-state index in [-0.39, 0.29) is 29.7 Å². The van der Waals surface area contributed by atoms with E-state index in [0.29, 0.717) is 9.47 Å². The summed E-state index contributed by atoms with van der Waals surface area (Å²) in [5.74, 6) is 0.0841. The zero-order valence-corrected chi connectivity index (χ0v) is 18.1. The van der Waals surface area contributed by atoms with Crippen LogP contribution in [0.25, 0.3) is 0 Å². The molecule has 0 radical (unpaired) electrons. The van der Waals surface area contributed by atoms with Crippen LogP contribution in [0.2, 0.25) is 0 Å². The maximum Gasteiger partial charge on any atom is 0.231 e. The monoisotopic (exact) mass is 445 g/mol. The number of carbonyl (C=O) groups is 2. The van der Waals surface area contributed by atoms with Crippen molar-refractivity contribution >= 4 is 51.4 Å². The molecular weight excluding hydrogens is 426 g/mol. The van der Waals surface area contributed by atoms with Crippen molar-refractivity contribution in [3.8, 4) is 0 Å². The van der Waals surface area contributed by atoms with Crippen LogP contribution < -0.4 is 10.2 Å². The van der Waals surface area contributed by atoms with E-state index in [4.69, 9.17) is 0 Å². The van der Waals surface area contributed by atoms with Gasteiger partial charge in [0.1, 0.15) is 11.0 Å². The molecule has 0 aliphatic heterocycles. The number of hydrogen-bond acceptors (Lipinski definition) is 8. The van der Waals surface area contributed by atoms with E-state index in [2.05, 4.69) is 20.5 Å². The van der Waals surface area contributed by atoms with E-state index in [0.717, 1.165) is 23.4 Å². The summed E-state index contributed by atoms with van der Waals surface area (Å²) in [4.78, 5) is 30.5. The van der Waals surface area contributed by atoms with Crippen LogP contribution in [-0.2, 0) is 9.59 Å². The Bertz CT molecular complexity index is 973. The van der Waals surface area contributed by atoms with E-state index in [9.17, 15) is 9.59 Å². The predicted octanol–water partition coefficient (Wildman–Crippen LogP) is 3.51. The molecule has 1 saturated carbocycles. The second kappa shape index (κ2) is 9.02. The minimum atomic E-state index is -0.280. The fraction of sp³-hybridized carbons (Fsp3) is 0.316. The van der Waals surface area contributed by atoms with Crippen molar-refractivity contribution < 1.29 is 9.59 Å². The van der Waals surface area contributed by atoms with Gasteiger partial charge < -0.3 is 5.32 Å². The average molecular weight is 446 g/mol. The molecule has 0 bridgehead atoms. The molecule has 0 saturated heterocycles. The zero-order chi connectivity index (χ0) is 20.2. The normalized spacial score (nSPS) is 14.4. The number of hydrogen-bond donors (Lipinski definition) is 1. The van der Waals surface area contributed by atoms with Gasteiger partial charge in [0.25, 0.3) is 0 Å². The molecule has 1 aliphatic rings. The summed E-state index contributed by atoms with van der Waals surface area (Å²) in [6.45, 7) is 1.54. The van der Waals surface area contributed by atoms with Gasteiger partial charge in [-0.2, -0.15) is 0 Å². The molecule has 1 atom stereocenters. The highest BCUT2D eigenvalue weighted by molar-refractivity contribution is 8.01. The summed E-state index contributed by atoms with van der Waals surface area (Å²) >= 11 is 4.18. The first-order chi connectivity index (χ1) is 14.1. The van der Waals surface area contributed by atoms with Crippen LogP contribution in [-0.4, -0.2) is 38.8 Å². The van der Waals surface area contributed by atoms with Gasteiger partial charge in [0, 0.05) is 24.5 Å². The molecule has 1 aromatic carbocycles. The Morgan fingerprint density at radius 3 is 2.72 bits per heavy atom. The fourth-order valence-corrected chi connectivity index (χ4v) is 5.36. The second-order valence-electron chi connectivity index (χ2n) is 6.54. The first kappa shape index (κ1) is 20.0. The second-order valence-corrected chi connectivity index (χ2v) is 9.65. The summed E-state index contributed by atoms with van der Waals surface area (Å²) in [5.41, 5.74) is 0.987. The molecular formula is C19H19N5O2S3. The van der Waals surface area contributed by atoms with Gasteiger partial charge in [-0.3, -0.25) is 14.5 Å². The first-order valence-corrected chi connectivity index (χ1v) is 11.8. The Kier molecular flexibility index (Phi) is 6.22. The number of thiazole rings is 1. The number of nitrogens with one attached hydrogen (secondary N) is 1. The number of amides is 2. The van der Waals surface area contributed by atoms with Crippen molar-refractivity contribution in [2.24, 2.45) is 0 Å². The summed E-state index contributed by atoms with van der Waals surface area (Å²) in [7, 11) is 0. The SMILES string of the molecule is CC(=O)N(c1nnc(SCC(=O)NC(c2ccccc2)c2nccs2)s1)C1CC1. The molecule has 1 aliphatic carbocycles. The Morgan fingerprint density at radius 2 is 2.07 bits per heavy atom. The lowest BCUT2D eigenvalue weighted by atomic mass is 10.1. The molecule has 7 nitrogen and oxygen atoms in total. The number of aromatic nitrogens is 3. The number of anilines is 1. The lowest BCUT2D eigenvalue weighted by Gasteiger charge is -2.16. The van der Waals surface area contributed by atoms with E-state index in [1.807, 2.05) is 35.7 Å². The molecule has 1 N–H and O–H groups in total. The van der Waals surface area contributed by atoms with Crippen molar-refractivity contribution in [2.45, 2.75) is 36.2 Å². The quantitative estimate of drug-likeness (QED) is 0.422. The third-order valence-electron chi connectivity index (χ3n) is 4.32. The smallest absolute Gasteiger partial charge is 0.231 e. The van der Waals surface area contributed by atoms with Gasteiger partial charge in [-0.05, 0) is 18.4 Å². The van der Waals surface area contributed by atoms with E-state index in [1.54, 1.807) is 18.0 Å². The summed E-state index contributed by atoms with van der Waals surface area (Å²) in [6, 6.07) is 9.75. The lowest BCUT2D eigenvalue weighted by Crippen LogP contribution is -2.30.